The summed E-state index contributed by atoms with van der Waals surface area (Å²) in [6, 6.07) is 4.91. The van der Waals surface area contributed by atoms with Crippen LogP contribution in [0.25, 0.3) is 0 Å². The monoisotopic (exact) mass is 373 g/mol. The molecule has 1 N–H and O–H groups in total. The first-order chi connectivity index (χ1) is 9.94. The Balaban J connectivity index is 2.14. The Bertz CT molecular complexity index is 595. The van der Waals surface area contributed by atoms with Gasteiger partial charge in [0, 0.05) is 21.7 Å². The van der Waals surface area contributed by atoms with Gasteiger partial charge in [0.25, 0.3) is 0 Å². The largest absolute Gasteiger partial charge is 0.391 e. The zero-order valence-electron chi connectivity index (χ0n) is 11.8. The predicted molar refractivity (Wildman–Crippen MR) is 86.3 cm³/mol. The van der Waals surface area contributed by atoms with Gasteiger partial charge in [-0.25, -0.2) is 4.39 Å². The quantitative estimate of drug-likeness (QED) is 0.864. The molecule has 1 unspecified atom stereocenters. The molecule has 0 aliphatic carbocycles. The minimum atomic E-state index is -0.731. The van der Waals surface area contributed by atoms with E-state index in [0.717, 1.165) is 15.3 Å². The number of thioether (sulfide) groups is 1. The highest BCUT2D eigenvalue weighted by atomic mass is 79.9. The van der Waals surface area contributed by atoms with E-state index in [1.54, 1.807) is 30.8 Å². The van der Waals surface area contributed by atoms with Crippen molar-refractivity contribution in [3.05, 3.63) is 34.1 Å². The second-order valence-electron chi connectivity index (χ2n) is 5.61. The topological polar surface area (TPSA) is 41.8 Å². The molecule has 6 heteroatoms. The Kier molecular flexibility index (Phi) is 4.16. The molecule has 1 aromatic carbocycles. The lowest BCUT2D eigenvalue weighted by Gasteiger charge is -2.36. The molecule has 0 amide bonds. The first kappa shape index (κ1) is 15.5. The molecule has 3 nitrogen and oxygen atoms in total. The second kappa shape index (κ2) is 5.65. The fraction of sp³-hybridized carbons (Fsp3) is 0.533. The van der Waals surface area contributed by atoms with Crippen LogP contribution >= 0.6 is 27.7 Å². The summed E-state index contributed by atoms with van der Waals surface area (Å²) in [6.45, 7) is 3.96. The molecule has 21 heavy (non-hydrogen) atoms. The number of aliphatic hydroxyl groups excluding tert-OH is 1. The van der Waals surface area contributed by atoms with Crippen LogP contribution in [0.3, 0.4) is 0 Å². The average Bonchev–Trinajstić information content (AvgIpc) is 2.81. The van der Waals surface area contributed by atoms with Crippen molar-refractivity contribution in [2.24, 2.45) is 10.9 Å². The molecule has 2 aliphatic heterocycles. The van der Waals surface area contributed by atoms with Gasteiger partial charge in [0.1, 0.15) is 11.4 Å². The Labute approximate surface area is 136 Å². The highest BCUT2D eigenvalue weighted by Crippen LogP contribution is 2.49. The number of hydrogen-bond acceptors (Lipinski definition) is 4. The number of hydrogen-bond donors (Lipinski definition) is 1. The molecule has 0 saturated carbocycles. The van der Waals surface area contributed by atoms with Crippen LogP contribution < -0.4 is 0 Å². The molecule has 0 radical (unpaired) electrons. The summed E-state index contributed by atoms with van der Waals surface area (Å²) >= 11 is 5.05. The van der Waals surface area contributed by atoms with Crippen molar-refractivity contribution in [2.75, 3.05) is 12.4 Å². The summed E-state index contributed by atoms with van der Waals surface area (Å²) in [5.41, 5.74) is -0.185. The van der Waals surface area contributed by atoms with Crippen molar-refractivity contribution in [1.29, 1.82) is 0 Å². The smallest absolute Gasteiger partial charge is 0.129 e. The molecule has 4 atom stereocenters. The normalized spacial score (nSPS) is 33.5. The van der Waals surface area contributed by atoms with Gasteiger partial charge in [-0.2, -0.15) is 0 Å². The average molecular weight is 374 g/mol. The van der Waals surface area contributed by atoms with Crippen molar-refractivity contribution >= 4 is 32.7 Å². The molecule has 2 aliphatic rings. The Morgan fingerprint density at radius 3 is 3.05 bits per heavy atom. The number of benzene rings is 1. The molecule has 1 saturated heterocycles. The van der Waals surface area contributed by atoms with Crippen molar-refractivity contribution < 1.29 is 14.2 Å². The van der Waals surface area contributed by atoms with Crippen LogP contribution in [0.5, 0.6) is 0 Å². The Hall–Kier alpha value is -0.430. The minimum Gasteiger partial charge on any atom is -0.391 e. The molecule has 3 rings (SSSR count). The van der Waals surface area contributed by atoms with E-state index in [4.69, 9.17) is 9.73 Å². The van der Waals surface area contributed by atoms with Gasteiger partial charge in [-0.05, 0) is 32.0 Å². The van der Waals surface area contributed by atoms with E-state index in [2.05, 4.69) is 15.9 Å². The van der Waals surface area contributed by atoms with Gasteiger partial charge in [-0.1, -0.05) is 15.9 Å². The minimum absolute atomic E-state index is 0.0324. The number of fused-ring (bicyclic) bond motifs is 1. The third-order valence-electron chi connectivity index (χ3n) is 4.20. The fourth-order valence-corrected chi connectivity index (χ4v) is 4.71. The number of nitrogens with zero attached hydrogens (tertiary/aromatic N) is 1. The highest BCUT2D eigenvalue weighted by Gasteiger charge is 2.54. The number of aliphatic imine (C=N–C) groups is 1. The lowest BCUT2D eigenvalue weighted by atomic mass is 9.78. The lowest BCUT2D eigenvalue weighted by Crippen LogP contribution is -2.43. The van der Waals surface area contributed by atoms with Crippen LogP contribution in [0, 0.1) is 11.7 Å². The molecule has 0 bridgehead atoms. The van der Waals surface area contributed by atoms with Gasteiger partial charge < -0.3 is 9.84 Å². The Morgan fingerprint density at radius 1 is 1.57 bits per heavy atom. The summed E-state index contributed by atoms with van der Waals surface area (Å²) in [5, 5.41) is 10.9. The van der Waals surface area contributed by atoms with Crippen LogP contribution in [0.1, 0.15) is 19.4 Å². The van der Waals surface area contributed by atoms with E-state index in [9.17, 15) is 9.50 Å². The number of aliphatic hydroxyl groups is 1. The maximum Gasteiger partial charge on any atom is 0.129 e. The summed E-state index contributed by atoms with van der Waals surface area (Å²) in [5.74, 6) is 0.466. The maximum absolute atomic E-state index is 14.4. The SMILES string of the molecule is CC1=N[C@@]2(c3cc(Br)ccc3F)COC([C@H](C)O)[C@H]2CS1. The van der Waals surface area contributed by atoms with Crippen LogP contribution in [0.2, 0.25) is 0 Å². The van der Waals surface area contributed by atoms with Crippen LogP contribution in [-0.4, -0.2) is 34.7 Å². The third-order valence-corrected chi connectivity index (χ3v) is 5.73. The zero-order chi connectivity index (χ0) is 15.2. The van der Waals surface area contributed by atoms with Crippen molar-refractivity contribution in [2.45, 2.75) is 31.6 Å². The fourth-order valence-electron chi connectivity index (χ4n) is 3.23. The van der Waals surface area contributed by atoms with Crippen molar-refractivity contribution in [3.8, 4) is 0 Å². The number of ether oxygens (including phenoxy) is 1. The van der Waals surface area contributed by atoms with E-state index < -0.39 is 11.6 Å². The molecule has 1 fully saturated rings. The van der Waals surface area contributed by atoms with Crippen molar-refractivity contribution in [1.82, 2.24) is 0 Å². The first-order valence-corrected chi connectivity index (χ1v) is 8.66. The van der Waals surface area contributed by atoms with Gasteiger partial charge in [-0.3, -0.25) is 4.99 Å². The third kappa shape index (κ3) is 2.56. The van der Waals surface area contributed by atoms with Crippen LogP contribution in [0.15, 0.2) is 27.7 Å². The molecule has 0 aromatic heterocycles. The van der Waals surface area contributed by atoms with Gasteiger partial charge in [-0.15, -0.1) is 11.8 Å². The molecule has 114 valence electrons. The summed E-state index contributed by atoms with van der Waals surface area (Å²) in [6.07, 6.45) is -0.908. The summed E-state index contributed by atoms with van der Waals surface area (Å²) in [4.78, 5) is 4.76. The van der Waals surface area contributed by atoms with E-state index >= 15 is 0 Å². The standard InChI is InChI=1S/C15H17BrFNO2S/c1-8(19)14-12-6-21-9(2)18-15(12,7-20-14)11-5-10(16)3-4-13(11)17/h3-5,8,12,14,19H,6-7H2,1-2H3/t8-,12+,14?,15+/m0/s1. The van der Waals surface area contributed by atoms with Crippen LogP contribution in [-0.2, 0) is 10.3 Å². The molecule has 2 heterocycles. The van der Waals surface area contributed by atoms with Gasteiger partial charge in [0.2, 0.25) is 0 Å². The van der Waals surface area contributed by atoms with E-state index in [-0.39, 0.29) is 17.8 Å². The summed E-state index contributed by atoms with van der Waals surface area (Å²) in [7, 11) is 0. The van der Waals surface area contributed by atoms with E-state index in [1.807, 2.05) is 6.92 Å². The van der Waals surface area contributed by atoms with E-state index in [0.29, 0.717) is 12.2 Å². The molecular formula is C15H17BrFNO2S. The second-order valence-corrected chi connectivity index (χ2v) is 7.74. The number of rotatable bonds is 2. The van der Waals surface area contributed by atoms with Gasteiger partial charge in [0.15, 0.2) is 0 Å². The number of halogens is 2. The molecule has 1 aromatic rings. The Morgan fingerprint density at radius 2 is 2.33 bits per heavy atom. The lowest BCUT2D eigenvalue weighted by molar-refractivity contribution is -0.00597. The summed E-state index contributed by atoms with van der Waals surface area (Å²) < 4.78 is 21.1. The molecular weight excluding hydrogens is 357 g/mol. The van der Waals surface area contributed by atoms with Crippen molar-refractivity contribution in [3.63, 3.8) is 0 Å². The van der Waals surface area contributed by atoms with Gasteiger partial charge >= 0.3 is 0 Å². The maximum atomic E-state index is 14.4. The van der Waals surface area contributed by atoms with Gasteiger partial charge in [0.05, 0.1) is 23.9 Å². The van der Waals surface area contributed by atoms with Crippen LogP contribution in [0.4, 0.5) is 4.39 Å². The highest BCUT2D eigenvalue weighted by molar-refractivity contribution is 9.10. The van der Waals surface area contributed by atoms with E-state index in [1.165, 1.54) is 6.07 Å². The molecule has 0 spiro atoms. The first-order valence-electron chi connectivity index (χ1n) is 6.88. The predicted octanol–water partition coefficient (Wildman–Crippen LogP) is 3.34. The zero-order valence-corrected chi connectivity index (χ0v) is 14.2.